The lowest BCUT2D eigenvalue weighted by Crippen LogP contribution is -2.52. The molecule has 0 aromatic heterocycles. The van der Waals surface area contributed by atoms with Gasteiger partial charge in [0.1, 0.15) is 0 Å². The van der Waals surface area contributed by atoms with E-state index in [0.29, 0.717) is 10.6 Å². The standard InChI is InChI=1S/C26H22ClNO5/c27-15-8-6-7-14(13-15)21-19-20(25(32)28(24(19)31)16-9-2-1-3-10-16)26(33-21)22(29)17-11-4-5-12-18(17)23(26)30/h4-8,11-13,16,19-21H,1-3,9-10H2/t19-,20-,21-/m1/s1. The molecule has 0 bridgehead atoms. The molecule has 3 fully saturated rings. The average molecular weight is 464 g/mol. The Labute approximate surface area is 195 Å². The maximum atomic E-state index is 13.8. The molecule has 4 aliphatic rings. The number of ether oxygens (including phenoxy) is 1. The van der Waals surface area contributed by atoms with Crippen molar-refractivity contribution in [2.75, 3.05) is 0 Å². The van der Waals surface area contributed by atoms with Crippen LogP contribution < -0.4 is 0 Å². The molecule has 2 heterocycles. The fourth-order valence-corrected chi connectivity index (χ4v) is 6.42. The number of benzene rings is 2. The largest absolute Gasteiger partial charge is 0.349 e. The van der Waals surface area contributed by atoms with Gasteiger partial charge in [0.15, 0.2) is 0 Å². The molecule has 0 N–H and O–H groups in total. The number of hydrogen-bond donors (Lipinski definition) is 0. The molecule has 1 spiro atoms. The number of ketones is 2. The summed E-state index contributed by atoms with van der Waals surface area (Å²) in [6, 6.07) is 13.2. The molecule has 0 unspecified atom stereocenters. The molecule has 6 nitrogen and oxygen atoms in total. The number of Topliss-reactive ketones (excluding diaryl/α,β-unsaturated/α-hetero) is 2. The van der Waals surface area contributed by atoms with Gasteiger partial charge in [-0.25, -0.2) is 0 Å². The van der Waals surface area contributed by atoms with Crippen LogP contribution in [0, 0.1) is 11.8 Å². The molecule has 168 valence electrons. The molecule has 1 saturated carbocycles. The van der Waals surface area contributed by atoms with Crippen molar-refractivity contribution in [3.05, 3.63) is 70.2 Å². The Morgan fingerprint density at radius 2 is 1.52 bits per heavy atom. The number of carbonyl (C=O) groups is 4. The number of imide groups is 1. The van der Waals surface area contributed by atoms with E-state index in [9.17, 15) is 19.2 Å². The van der Waals surface area contributed by atoms with Crippen molar-refractivity contribution >= 4 is 35.0 Å². The van der Waals surface area contributed by atoms with Crippen molar-refractivity contribution in [2.45, 2.75) is 49.9 Å². The van der Waals surface area contributed by atoms with Crippen LogP contribution in [0.1, 0.15) is 64.5 Å². The molecule has 0 radical (unpaired) electrons. The van der Waals surface area contributed by atoms with Crippen LogP contribution in [0.25, 0.3) is 0 Å². The summed E-state index contributed by atoms with van der Waals surface area (Å²) in [6.07, 6.45) is 3.54. The highest BCUT2D eigenvalue weighted by Gasteiger charge is 2.75. The van der Waals surface area contributed by atoms with Crippen molar-refractivity contribution in [1.29, 1.82) is 0 Å². The van der Waals surface area contributed by atoms with E-state index in [0.717, 1.165) is 32.1 Å². The number of amides is 2. The van der Waals surface area contributed by atoms with Gasteiger partial charge in [-0.15, -0.1) is 0 Å². The first kappa shape index (κ1) is 20.8. The third-order valence-corrected chi connectivity index (χ3v) is 7.91. The first-order chi connectivity index (χ1) is 15.9. The normalized spacial score (nSPS) is 28.6. The van der Waals surface area contributed by atoms with Gasteiger partial charge in [0.25, 0.3) is 0 Å². The van der Waals surface area contributed by atoms with Crippen molar-refractivity contribution in [3.63, 3.8) is 0 Å². The molecular formula is C26H22ClNO5. The Morgan fingerprint density at radius 1 is 0.848 bits per heavy atom. The lowest BCUT2D eigenvalue weighted by atomic mass is 9.77. The molecule has 3 atom stereocenters. The average Bonchev–Trinajstić information content (AvgIpc) is 3.40. The topological polar surface area (TPSA) is 80.8 Å². The van der Waals surface area contributed by atoms with E-state index in [1.807, 2.05) is 0 Å². The summed E-state index contributed by atoms with van der Waals surface area (Å²) < 4.78 is 6.28. The van der Waals surface area contributed by atoms with Crippen molar-refractivity contribution in [2.24, 2.45) is 11.8 Å². The van der Waals surface area contributed by atoms with Crippen LogP contribution in [0.5, 0.6) is 0 Å². The zero-order valence-corrected chi connectivity index (χ0v) is 18.6. The number of fused-ring (bicyclic) bond motifs is 3. The highest BCUT2D eigenvalue weighted by Crippen LogP contribution is 2.58. The predicted octanol–water partition coefficient (Wildman–Crippen LogP) is 4.16. The minimum atomic E-state index is -2.02. The van der Waals surface area contributed by atoms with Crippen LogP contribution in [-0.2, 0) is 14.3 Å². The molecule has 2 aromatic carbocycles. The van der Waals surface area contributed by atoms with Gasteiger partial charge in [0.05, 0.1) is 17.9 Å². The second-order valence-corrected chi connectivity index (χ2v) is 9.81. The Balaban J connectivity index is 1.51. The number of likely N-dealkylation sites (tertiary alicyclic amines) is 1. The molecule has 7 heteroatoms. The van der Waals surface area contributed by atoms with E-state index in [2.05, 4.69) is 0 Å². The number of hydrogen-bond acceptors (Lipinski definition) is 5. The van der Waals surface area contributed by atoms with E-state index in [4.69, 9.17) is 16.3 Å². The van der Waals surface area contributed by atoms with Gasteiger partial charge in [-0.1, -0.05) is 67.3 Å². The zero-order valence-electron chi connectivity index (χ0n) is 17.8. The minimum absolute atomic E-state index is 0.199. The summed E-state index contributed by atoms with van der Waals surface area (Å²) in [4.78, 5) is 56.3. The van der Waals surface area contributed by atoms with Crippen molar-refractivity contribution in [3.8, 4) is 0 Å². The van der Waals surface area contributed by atoms with Gasteiger partial charge in [0, 0.05) is 22.2 Å². The smallest absolute Gasteiger partial charge is 0.237 e. The van der Waals surface area contributed by atoms with Crippen LogP contribution in [0.2, 0.25) is 5.02 Å². The van der Waals surface area contributed by atoms with E-state index in [1.54, 1.807) is 48.5 Å². The van der Waals surface area contributed by atoms with Crippen LogP contribution in [0.3, 0.4) is 0 Å². The summed E-state index contributed by atoms with van der Waals surface area (Å²) in [7, 11) is 0. The Bertz CT molecular complexity index is 1180. The van der Waals surface area contributed by atoms with Gasteiger partial charge in [0.2, 0.25) is 29.0 Å². The van der Waals surface area contributed by atoms with Gasteiger partial charge in [-0.3, -0.25) is 24.1 Å². The second-order valence-electron chi connectivity index (χ2n) is 9.37. The molecule has 2 saturated heterocycles. The Kier molecular flexibility index (Phi) is 4.61. The van der Waals surface area contributed by atoms with Crippen LogP contribution >= 0.6 is 11.6 Å². The summed E-state index contributed by atoms with van der Waals surface area (Å²) in [5.74, 6) is -4.00. The van der Waals surface area contributed by atoms with E-state index in [-0.39, 0.29) is 23.1 Å². The molecule has 2 amide bonds. The first-order valence-corrected chi connectivity index (χ1v) is 11.8. The summed E-state index contributed by atoms with van der Waals surface area (Å²) in [5, 5.41) is 0.446. The number of carbonyl (C=O) groups excluding carboxylic acids is 4. The molecule has 2 aliphatic heterocycles. The van der Waals surface area contributed by atoms with E-state index in [1.165, 1.54) is 4.90 Å². The highest BCUT2D eigenvalue weighted by molar-refractivity contribution is 6.35. The minimum Gasteiger partial charge on any atom is -0.349 e. The Morgan fingerprint density at radius 3 is 2.15 bits per heavy atom. The van der Waals surface area contributed by atoms with E-state index >= 15 is 0 Å². The lowest BCUT2D eigenvalue weighted by Gasteiger charge is -2.33. The molecule has 33 heavy (non-hydrogen) atoms. The van der Waals surface area contributed by atoms with Crippen LogP contribution in [0.15, 0.2) is 48.5 Å². The quantitative estimate of drug-likeness (QED) is 0.493. The third-order valence-electron chi connectivity index (χ3n) is 7.67. The number of halogens is 1. The molecule has 2 aromatic rings. The lowest BCUT2D eigenvalue weighted by molar-refractivity contribution is -0.148. The summed E-state index contributed by atoms with van der Waals surface area (Å²) >= 11 is 6.21. The summed E-state index contributed by atoms with van der Waals surface area (Å²) in [6.45, 7) is 0. The maximum absolute atomic E-state index is 13.8. The van der Waals surface area contributed by atoms with Crippen molar-refractivity contribution in [1.82, 2.24) is 4.90 Å². The van der Waals surface area contributed by atoms with Gasteiger partial charge in [-0.2, -0.15) is 0 Å². The monoisotopic (exact) mass is 463 g/mol. The molecule has 6 rings (SSSR count). The van der Waals surface area contributed by atoms with Crippen molar-refractivity contribution < 1.29 is 23.9 Å². The maximum Gasteiger partial charge on any atom is 0.237 e. The SMILES string of the molecule is O=C1[C@H]2[C@@H](c3cccc(Cl)c3)OC3(C(=O)c4ccccc4C3=O)[C@H]2C(=O)N1C1CCCCC1. The molecule has 2 aliphatic carbocycles. The van der Waals surface area contributed by atoms with Crippen LogP contribution in [0.4, 0.5) is 0 Å². The van der Waals surface area contributed by atoms with Gasteiger partial charge in [-0.05, 0) is 30.5 Å². The fraction of sp³-hybridized carbons (Fsp3) is 0.385. The Hall–Kier alpha value is -2.83. The first-order valence-electron chi connectivity index (χ1n) is 11.4. The van der Waals surface area contributed by atoms with Crippen LogP contribution in [-0.4, -0.2) is 39.9 Å². The summed E-state index contributed by atoms with van der Waals surface area (Å²) in [5.41, 5.74) is -0.955. The number of rotatable bonds is 2. The number of nitrogens with zero attached hydrogens (tertiary/aromatic N) is 1. The zero-order chi connectivity index (χ0) is 22.9. The van der Waals surface area contributed by atoms with Gasteiger partial charge < -0.3 is 4.74 Å². The van der Waals surface area contributed by atoms with E-state index < -0.39 is 41.0 Å². The third kappa shape index (κ3) is 2.71. The predicted molar refractivity (Wildman–Crippen MR) is 119 cm³/mol. The fourth-order valence-electron chi connectivity index (χ4n) is 6.22. The highest BCUT2D eigenvalue weighted by atomic mass is 35.5. The van der Waals surface area contributed by atoms with Gasteiger partial charge >= 0.3 is 0 Å². The second kappa shape index (κ2) is 7.34. The molecular weight excluding hydrogens is 442 g/mol.